The molecular weight excluding hydrogens is 249 g/mol. The molecule has 0 amide bonds. The van der Waals surface area contributed by atoms with Gasteiger partial charge in [-0.05, 0) is 25.3 Å². The van der Waals surface area contributed by atoms with Crippen LogP contribution in [0.3, 0.4) is 0 Å². The number of nitrogens with zero attached hydrogens (tertiary/aromatic N) is 1. The summed E-state index contributed by atoms with van der Waals surface area (Å²) in [5.41, 5.74) is 0. The zero-order chi connectivity index (χ0) is 12.5. The molecule has 0 aromatic carbocycles. The summed E-state index contributed by atoms with van der Waals surface area (Å²) in [5, 5.41) is 2.53. The van der Waals surface area contributed by atoms with Gasteiger partial charge in [0.1, 0.15) is 0 Å². The van der Waals surface area contributed by atoms with Crippen LogP contribution in [0.4, 0.5) is 13.2 Å². The average molecular weight is 264 g/mol. The van der Waals surface area contributed by atoms with Gasteiger partial charge in [-0.25, -0.2) is 4.98 Å². The summed E-state index contributed by atoms with van der Waals surface area (Å²) in [6, 6.07) is 0.0438. The average Bonchev–Trinajstić information content (AvgIpc) is 2.61. The van der Waals surface area contributed by atoms with Crippen LogP contribution in [0.15, 0.2) is 6.20 Å². The number of halogens is 3. The molecule has 2 rings (SSSR count). The van der Waals surface area contributed by atoms with Crippen LogP contribution in [-0.2, 0) is 6.18 Å². The molecule has 1 N–H and O–H groups in total. The molecule has 1 atom stereocenters. The Kier molecular flexibility index (Phi) is 3.73. The summed E-state index contributed by atoms with van der Waals surface area (Å²) in [6.07, 6.45) is 0.420. The lowest BCUT2D eigenvalue weighted by Crippen LogP contribution is -2.31. The molecule has 1 unspecified atom stereocenters. The zero-order valence-electron chi connectivity index (χ0n) is 9.55. The van der Waals surface area contributed by atoms with E-state index in [1.165, 1.54) is 12.6 Å². The van der Waals surface area contributed by atoms with E-state index in [1.807, 2.05) is 6.92 Å². The van der Waals surface area contributed by atoms with Gasteiger partial charge in [-0.15, -0.1) is 11.3 Å². The minimum Gasteiger partial charge on any atom is -0.309 e. The third-order valence-electron chi connectivity index (χ3n) is 3.12. The van der Waals surface area contributed by atoms with Crippen molar-refractivity contribution in [2.45, 2.75) is 38.4 Å². The second-order valence-electron chi connectivity index (χ2n) is 4.29. The standard InChI is InChI=1S/C11H15F3N2S/c1-2-15-9(7-4-3-5-7)8-6-16-10(17-8)11(12,13)14/h6-7,9,15H,2-5H2,1H3. The molecule has 1 fully saturated rings. The Hall–Kier alpha value is -0.620. The van der Waals surface area contributed by atoms with Gasteiger partial charge in [0.25, 0.3) is 0 Å². The maximum Gasteiger partial charge on any atom is 0.443 e. The van der Waals surface area contributed by atoms with Crippen LogP contribution in [0.25, 0.3) is 0 Å². The van der Waals surface area contributed by atoms with E-state index in [0.29, 0.717) is 10.8 Å². The lowest BCUT2D eigenvalue weighted by atomic mass is 9.79. The first kappa shape index (κ1) is 12.8. The Labute approximate surface area is 102 Å². The van der Waals surface area contributed by atoms with Gasteiger partial charge >= 0.3 is 6.18 Å². The predicted molar refractivity (Wildman–Crippen MR) is 60.9 cm³/mol. The SMILES string of the molecule is CCNC(c1cnc(C(F)(F)F)s1)C1CCC1. The summed E-state index contributed by atoms with van der Waals surface area (Å²) in [5.74, 6) is 0.469. The quantitative estimate of drug-likeness (QED) is 0.898. The van der Waals surface area contributed by atoms with Gasteiger partial charge in [0, 0.05) is 17.1 Å². The fourth-order valence-electron chi connectivity index (χ4n) is 2.05. The van der Waals surface area contributed by atoms with Crippen molar-refractivity contribution in [3.8, 4) is 0 Å². The summed E-state index contributed by atoms with van der Waals surface area (Å²) < 4.78 is 37.4. The number of alkyl halides is 3. The smallest absolute Gasteiger partial charge is 0.309 e. The number of nitrogens with one attached hydrogen (secondary N) is 1. The molecule has 6 heteroatoms. The van der Waals surface area contributed by atoms with Crippen LogP contribution in [0.5, 0.6) is 0 Å². The van der Waals surface area contributed by atoms with Crippen molar-refractivity contribution in [2.75, 3.05) is 6.54 Å². The van der Waals surface area contributed by atoms with Crippen molar-refractivity contribution >= 4 is 11.3 Å². The highest BCUT2D eigenvalue weighted by molar-refractivity contribution is 7.11. The molecule has 1 aromatic heterocycles. The third-order valence-corrected chi connectivity index (χ3v) is 4.24. The Bertz CT molecular complexity index is 371. The van der Waals surface area contributed by atoms with Gasteiger partial charge in [-0.3, -0.25) is 0 Å². The van der Waals surface area contributed by atoms with Crippen LogP contribution in [0, 0.1) is 5.92 Å². The van der Waals surface area contributed by atoms with E-state index in [4.69, 9.17) is 0 Å². The lowest BCUT2D eigenvalue weighted by molar-refractivity contribution is -0.137. The molecule has 1 aromatic rings. The van der Waals surface area contributed by atoms with Crippen molar-refractivity contribution in [2.24, 2.45) is 5.92 Å². The maximum absolute atomic E-state index is 12.5. The molecule has 17 heavy (non-hydrogen) atoms. The van der Waals surface area contributed by atoms with Crippen LogP contribution < -0.4 is 5.32 Å². The topological polar surface area (TPSA) is 24.9 Å². The molecule has 0 aliphatic heterocycles. The number of thiazole rings is 1. The molecule has 0 bridgehead atoms. The van der Waals surface area contributed by atoms with Crippen molar-refractivity contribution in [1.82, 2.24) is 10.3 Å². The van der Waals surface area contributed by atoms with E-state index in [0.717, 1.165) is 30.7 Å². The van der Waals surface area contributed by atoms with Gasteiger partial charge < -0.3 is 5.32 Å². The molecule has 1 saturated carbocycles. The van der Waals surface area contributed by atoms with E-state index in [1.54, 1.807) is 0 Å². The Morgan fingerprint density at radius 3 is 2.65 bits per heavy atom. The normalized spacial score (nSPS) is 19.1. The van der Waals surface area contributed by atoms with Gasteiger partial charge in [0.2, 0.25) is 0 Å². The number of rotatable bonds is 4. The van der Waals surface area contributed by atoms with E-state index in [2.05, 4.69) is 10.3 Å². The van der Waals surface area contributed by atoms with Crippen molar-refractivity contribution in [3.63, 3.8) is 0 Å². The first-order chi connectivity index (χ1) is 8.02. The maximum atomic E-state index is 12.5. The first-order valence-electron chi connectivity index (χ1n) is 5.78. The molecule has 0 radical (unpaired) electrons. The Balaban J connectivity index is 2.15. The number of hydrogen-bond acceptors (Lipinski definition) is 3. The minimum absolute atomic E-state index is 0.0438. The third kappa shape index (κ3) is 2.80. The van der Waals surface area contributed by atoms with Gasteiger partial charge in [-0.1, -0.05) is 13.3 Å². The molecule has 1 aliphatic rings. The molecule has 0 spiro atoms. The van der Waals surface area contributed by atoms with E-state index >= 15 is 0 Å². The highest BCUT2D eigenvalue weighted by atomic mass is 32.1. The van der Waals surface area contributed by atoms with Crippen LogP contribution in [-0.4, -0.2) is 11.5 Å². The number of hydrogen-bond donors (Lipinski definition) is 1. The summed E-state index contributed by atoms with van der Waals surface area (Å²) in [6.45, 7) is 2.73. The zero-order valence-corrected chi connectivity index (χ0v) is 10.4. The fraction of sp³-hybridized carbons (Fsp3) is 0.727. The summed E-state index contributed by atoms with van der Waals surface area (Å²) in [4.78, 5) is 4.20. The Morgan fingerprint density at radius 2 is 2.24 bits per heavy atom. The van der Waals surface area contributed by atoms with Gasteiger partial charge in [0.05, 0.1) is 0 Å². The van der Waals surface area contributed by atoms with Gasteiger partial charge in [-0.2, -0.15) is 13.2 Å². The van der Waals surface area contributed by atoms with Crippen molar-refractivity contribution < 1.29 is 13.2 Å². The molecule has 1 heterocycles. The van der Waals surface area contributed by atoms with Crippen molar-refractivity contribution in [1.29, 1.82) is 0 Å². The monoisotopic (exact) mass is 264 g/mol. The second kappa shape index (κ2) is 4.94. The highest BCUT2D eigenvalue weighted by Crippen LogP contribution is 2.41. The minimum atomic E-state index is -4.32. The second-order valence-corrected chi connectivity index (χ2v) is 5.35. The Morgan fingerprint density at radius 1 is 1.53 bits per heavy atom. The summed E-state index contributed by atoms with van der Waals surface area (Å²) >= 11 is 0.767. The predicted octanol–water partition coefficient (Wildman–Crippen LogP) is 3.61. The fourth-order valence-corrected chi connectivity index (χ4v) is 3.01. The van der Waals surface area contributed by atoms with Crippen LogP contribution in [0.2, 0.25) is 0 Å². The molecule has 1 aliphatic carbocycles. The molecule has 96 valence electrons. The van der Waals surface area contributed by atoms with E-state index in [9.17, 15) is 13.2 Å². The van der Waals surface area contributed by atoms with Crippen LogP contribution >= 0.6 is 11.3 Å². The largest absolute Gasteiger partial charge is 0.443 e. The summed E-state index contributed by atoms with van der Waals surface area (Å²) in [7, 11) is 0. The molecule has 0 saturated heterocycles. The number of aromatic nitrogens is 1. The molecular formula is C11H15F3N2S. The van der Waals surface area contributed by atoms with Crippen molar-refractivity contribution in [3.05, 3.63) is 16.1 Å². The van der Waals surface area contributed by atoms with Crippen LogP contribution in [0.1, 0.15) is 42.1 Å². The van der Waals surface area contributed by atoms with Gasteiger partial charge in [0.15, 0.2) is 5.01 Å². The highest BCUT2D eigenvalue weighted by Gasteiger charge is 2.36. The molecule has 2 nitrogen and oxygen atoms in total. The van der Waals surface area contributed by atoms with E-state index in [-0.39, 0.29) is 6.04 Å². The van der Waals surface area contributed by atoms with E-state index < -0.39 is 11.2 Å². The first-order valence-corrected chi connectivity index (χ1v) is 6.60. The lowest BCUT2D eigenvalue weighted by Gasteiger charge is -2.33.